The van der Waals surface area contributed by atoms with Gasteiger partial charge < -0.3 is 14.6 Å². The van der Waals surface area contributed by atoms with Crippen molar-refractivity contribution < 1.29 is 19.0 Å². The minimum absolute atomic E-state index is 0.213. The van der Waals surface area contributed by atoms with Crippen molar-refractivity contribution in [2.45, 2.75) is 32.0 Å². The quantitative estimate of drug-likeness (QED) is 0.870. The molecule has 1 aromatic carbocycles. The molecule has 0 amide bonds. The third-order valence-corrected chi connectivity index (χ3v) is 3.81. The van der Waals surface area contributed by atoms with E-state index in [1.807, 2.05) is 0 Å². The van der Waals surface area contributed by atoms with E-state index in [9.17, 15) is 9.50 Å². The number of rotatable bonds is 6. The third kappa shape index (κ3) is 4.40. The van der Waals surface area contributed by atoms with Gasteiger partial charge in [0.15, 0.2) is 11.6 Å². The van der Waals surface area contributed by atoms with E-state index in [-0.39, 0.29) is 11.9 Å². The fourth-order valence-corrected chi connectivity index (χ4v) is 2.69. The average Bonchev–Trinajstić information content (AvgIpc) is 2.48. The summed E-state index contributed by atoms with van der Waals surface area (Å²) in [6.45, 7) is 5.44. The van der Waals surface area contributed by atoms with Gasteiger partial charge in [-0.3, -0.25) is 4.90 Å². The van der Waals surface area contributed by atoms with E-state index in [1.54, 1.807) is 12.1 Å². The van der Waals surface area contributed by atoms with Gasteiger partial charge >= 0.3 is 0 Å². The first-order chi connectivity index (χ1) is 10.1. The molecule has 21 heavy (non-hydrogen) atoms. The number of hydrogen-bond acceptors (Lipinski definition) is 4. The summed E-state index contributed by atoms with van der Waals surface area (Å²) < 4.78 is 24.2. The molecule has 0 aromatic heterocycles. The lowest BCUT2D eigenvalue weighted by Crippen LogP contribution is -2.48. The Morgan fingerprint density at radius 1 is 1.52 bits per heavy atom. The molecule has 2 atom stereocenters. The van der Waals surface area contributed by atoms with Gasteiger partial charge in [-0.25, -0.2) is 4.39 Å². The molecule has 0 spiro atoms. The van der Waals surface area contributed by atoms with Crippen LogP contribution in [0.2, 0.25) is 0 Å². The van der Waals surface area contributed by atoms with Crippen LogP contribution in [-0.4, -0.2) is 55.6 Å². The van der Waals surface area contributed by atoms with Crippen LogP contribution < -0.4 is 4.74 Å². The van der Waals surface area contributed by atoms with Crippen molar-refractivity contribution in [2.24, 2.45) is 0 Å². The zero-order valence-corrected chi connectivity index (χ0v) is 12.7. The first kappa shape index (κ1) is 16.2. The zero-order chi connectivity index (χ0) is 15.2. The molecule has 0 saturated carbocycles. The molecule has 1 aliphatic heterocycles. The number of aliphatic hydroxyl groups excluding tert-OH is 1. The minimum Gasteiger partial charge on any atom is -0.494 e. The number of methoxy groups -OCH3 is 1. The van der Waals surface area contributed by atoms with E-state index in [2.05, 4.69) is 11.8 Å². The third-order valence-electron chi connectivity index (χ3n) is 3.81. The van der Waals surface area contributed by atoms with Crippen molar-refractivity contribution in [1.29, 1.82) is 0 Å². The minimum atomic E-state index is -0.627. The monoisotopic (exact) mass is 297 g/mol. The SMILES string of the molecule is CCCN1CCOC(C(O)Cc2ccc(OC)c(F)c2)C1. The summed E-state index contributed by atoms with van der Waals surface area (Å²) in [4.78, 5) is 2.30. The van der Waals surface area contributed by atoms with E-state index in [0.29, 0.717) is 13.0 Å². The molecule has 5 heteroatoms. The summed E-state index contributed by atoms with van der Waals surface area (Å²) in [6, 6.07) is 4.77. The van der Waals surface area contributed by atoms with E-state index < -0.39 is 11.9 Å². The summed E-state index contributed by atoms with van der Waals surface area (Å²) in [7, 11) is 1.44. The Morgan fingerprint density at radius 2 is 2.33 bits per heavy atom. The topological polar surface area (TPSA) is 41.9 Å². The van der Waals surface area contributed by atoms with E-state index >= 15 is 0 Å². The fourth-order valence-electron chi connectivity index (χ4n) is 2.69. The van der Waals surface area contributed by atoms with Crippen LogP contribution in [-0.2, 0) is 11.2 Å². The second kappa shape index (κ2) is 7.73. The van der Waals surface area contributed by atoms with E-state index in [4.69, 9.17) is 9.47 Å². The highest BCUT2D eigenvalue weighted by atomic mass is 19.1. The van der Waals surface area contributed by atoms with Crippen LogP contribution in [0, 0.1) is 5.82 Å². The smallest absolute Gasteiger partial charge is 0.165 e. The normalized spacial score (nSPS) is 21.2. The Morgan fingerprint density at radius 3 is 3.00 bits per heavy atom. The van der Waals surface area contributed by atoms with Gasteiger partial charge in [-0.1, -0.05) is 13.0 Å². The molecule has 0 bridgehead atoms. The molecule has 1 saturated heterocycles. The highest BCUT2D eigenvalue weighted by molar-refractivity contribution is 5.29. The summed E-state index contributed by atoms with van der Waals surface area (Å²) in [5, 5.41) is 10.3. The maximum atomic E-state index is 13.7. The van der Waals surface area contributed by atoms with Gasteiger partial charge in [0, 0.05) is 19.5 Å². The largest absolute Gasteiger partial charge is 0.494 e. The van der Waals surface area contributed by atoms with Crippen molar-refractivity contribution in [3.63, 3.8) is 0 Å². The molecule has 0 aliphatic carbocycles. The van der Waals surface area contributed by atoms with Crippen molar-refractivity contribution >= 4 is 0 Å². The van der Waals surface area contributed by atoms with Crippen molar-refractivity contribution in [2.75, 3.05) is 33.4 Å². The predicted molar refractivity (Wildman–Crippen MR) is 79.1 cm³/mol. The molecule has 0 radical (unpaired) electrons. The molecule has 1 aromatic rings. The van der Waals surface area contributed by atoms with Gasteiger partial charge in [-0.05, 0) is 30.7 Å². The lowest BCUT2D eigenvalue weighted by molar-refractivity contribution is -0.0877. The molecule has 4 nitrogen and oxygen atoms in total. The fraction of sp³-hybridized carbons (Fsp3) is 0.625. The van der Waals surface area contributed by atoms with Crippen LogP contribution in [0.25, 0.3) is 0 Å². The summed E-state index contributed by atoms with van der Waals surface area (Å²) in [5.74, 6) is -0.185. The van der Waals surface area contributed by atoms with E-state index in [0.717, 1.165) is 31.6 Å². The standard InChI is InChI=1S/C16H24FNO3/c1-3-6-18-7-8-21-16(11-18)14(19)10-12-4-5-15(20-2)13(17)9-12/h4-5,9,14,16,19H,3,6-8,10-11H2,1-2H3. The molecular formula is C16H24FNO3. The number of benzene rings is 1. The lowest BCUT2D eigenvalue weighted by atomic mass is 10.0. The van der Waals surface area contributed by atoms with Gasteiger partial charge in [0.05, 0.1) is 25.9 Å². The second-order valence-electron chi connectivity index (χ2n) is 5.45. The average molecular weight is 297 g/mol. The Labute approximate surface area is 125 Å². The maximum Gasteiger partial charge on any atom is 0.165 e. The highest BCUT2D eigenvalue weighted by Gasteiger charge is 2.26. The number of nitrogens with zero attached hydrogens (tertiary/aromatic N) is 1. The Hall–Kier alpha value is -1.17. The second-order valence-corrected chi connectivity index (χ2v) is 5.45. The van der Waals surface area contributed by atoms with Crippen molar-refractivity contribution in [3.05, 3.63) is 29.6 Å². The number of ether oxygens (including phenoxy) is 2. The first-order valence-electron chi connectivity index (χ1n) is 7.48. The van der Waals surface area contributed by atoms with Crippen LogP contribution in [0.5, 0.6) is 5.75 Å². The van der Waals surface area contributed by atoms with Crippen LogP contribution in [0.3, 0.4) is 0 Å². The van der Waals surface area contributed by atoms with E-state index in [1.165, 1.54) is 13.2 Å². The maximum absolute atomic E-state index is 13.7. The number of aliphatic hydroxyl groups is 1. The zero-order valence-electron chi connectivity index (χ0n) is 12.7. The molecule has 2 rings (SSSR count). The molecule has 118 valence electrons. The molecule has 1 N–H and O–H groups in total. The highest BCUT2D eigenvalue weighted by Crippen LogP contribution is 2.20. The molecule has 1 fully saturated rings. The van der Waals surface area contributed by atoms with Crippen LogP contribution >= 0.6 is 0 Å². The first-order valence-corrected chi connectivity index (χ1v) is 7.48. The molecule has 1 heterocycles. The van der Waals surface area contributed by atoms with Crippen molar-refractivity contribution in [1.82, 2.24) is 4.90 Å². The number of halogens is 1. The number of morpholine rings is 1. The van der Waals surface area contributed by atoms with Gasteiger partial charge in [0.25, 0.3) is 0 Å². The van der Waals surface area contributed by atoms with Gasteiger partial charge in [0.2, 0.25) is 0 Å². The summed E-state index contributed by atoms with van der Waals surface area (Å²) in [6.07, 6.45) is 0.630. The molecule has 2 unspecified atom stereocenters. The van der Waals surface area contributed by atoms with Gasteiger partial charge in [-0.2, -0.15) is 0 Å². The Bertz CT molecular complexity index is 453. The summed E-state index contributed by atoms with van der Waals surface area (Å²) >= 11 is 0. The van der Waals surface area contributed by atoms with Crippen LogP contribution in [0.1, 0.15) is 18.9 Å². The molecule has 1 aliphatic rings. The Balaban J connectivity index is 1.94. The number of hydrogen-bond donors (Lipinski definition) is 1. The summed E-state index contributed by atoms with van der Waals surface area (Å²) in [5.41, 5.74) is 0.747. The predicted octanol–water partition coefficient (Wildman–Crippen LogP) is 1.85. The molecular weight excluding hydrogens is 273 g/mol. The van der Waals surface area contributed by atoms with Crippen LogP contribution in [0.15, 0.2) is 18.2 Å². The van der Waals surface area contributed by atoms with Crippen molar-refractivity contribution in [3.8, 4) is 5.75 Å². The van der Waals surface area contributed by atoms with Gasteiger partial charge in [-0.15, -0.1) is 0 Å². The lowest BCUT2D eigenvalue weighted by Gasteiger charge is -2.35. The Kier molecular flexibility index (Phi) is 5.96. The van der Waals surface area contributed by atoms with Gasteiger partial charge in [0.1, 0.15) is 0 Å². The van der Waals surface area contributed by atoms with Crippen LogP contribution in [0.4, 0.5) is 4.39 Å².